The molecule has 1 fully saturated rings. The molecule has 1 aliphatic heterocycles. The molecule has 1 saturated heterocycles. The maximum atomic E-state index is 13.4. The minimum Gasteiger partial charge on any atom is -0.493 e. The van der Waals surface area contributed by atoms with E-state index in [9.17, 15) is 9.90 Å². The van der Waals surface area contributed by atoms with Crippen LogP contribution in [-0.4, -0.2) is 63.5 Å². The highest BCUT2D eigenvalue weighted by atomic mass is 35.5. The maximum absolute atomic E-state index is 13.4. The second-order valence-corrected chi connectivity index (χ2v) is 7.90. The number of halogens is 2. The zero-order chi connectivity index (χ0) is 22.6. The van der Waals surface area contributed by atoms with E-state index in [0.29, 0.717) is 52.4 Å². The van der Waals surface area contributed by atoms with Crippen molar-refractivity contribution < 1.29 is 28.8 Å². The number of benzene rings is 2. The first kappa shape index (κ1) is 23.5. The zero-order valence-electron chi connectivity index (χ0n) is 17.6. The Morgan fingerprint density at radius 3 is 2.32 bits per heavy atom. The fourth-order valence-electron chi connectivity index (χ4n) is 3.78. The molecule has 0 radical (unpaired) electrons. The Bertz CT molecular complexity index is 925. The Morgan fingerprint density at radius 2 is 1.77 bits per heavy atom. The smallest absolute Gasteiger partial charge is 0.254 e. The van der Waals surface area contributed by atoms with Gasteiger partial charge in [0, 0.05) is 25.1 Å². The van der Waals surface area contributed by atoms with Crippen LogP contribution < -0.4 is 14.2 Å². The number of rotatable bonds is 7. The van der Waals surface area contributed by atoms with Gasteiger partial charge >= 0.3 is 0 Å². The van der Waals surface area contributed by atoms with Gasteiger partial charge in [-0.25, -0.2) is 0 Å². The quantitative estimate of drug-likeness (QED) is 0.664. The number of ether oxygens (including phenoxy) is 4. The summed E-state index contributed by atoms with van der Waals surface area (Å²) in [5, 5.41) is 10.5. The molecule has 31 heavy (non-hydrogen) atoms. The van der Waals surface area contributed by atoms with Gasteiger partial charge in [0.05, 0.1) is 44.5 Å². The Balaban J connectivity index is 1.96. The third-order valence-corrected chi connectivity index (χ3v) is 6.09. The summed E-state index contributed by atoms with van der Waals surface area (Å²) in [5.74, 6) is 0.980. The summed E-state index contributed by atoms with van der Waals surface area (Å²) in [5.41, 5.74) is 0.235. The normalized spacial score (nSPS) is 18.6. The van der Waals surface area contributed by atoms with Gasteiger partial charge in [0.2, 0.25) is 5.75 Å². The molecule has 1 N–H and O–H groups in total. The van der Waals surface area contributed by atoms with Crippen LogP contribution in [0.25, 0.3) is 0 Å². The van der Waals surface area contributed by atoms with Crippen LogP contribution in [0.5, 0.6) is 17.2 Å². The standard InChI is InChI=1S/C22H25Cl2NO6/c1-28-18-10-14(11-19(29-2)20(18)30-3)21(27)25-7-9-31-22(13-25,6-8-26)15-4-5-16(23)17(24)12-15/h4-5,10-12,26H,6-9,13H2,1-3H3/t22-/m0/s1. The molecule has 3 rings (SSSR count). The fraction of sp³-hybridized carbons (Fsp3) is 0.409. The number of aliphatic hydroxyl groups excluding tert-OH is 1. The van der Waals surface area contributed by atoms with Gasteiger partial charge in [-0.05, 0) is 29.8 Å². The molecule has 0 aliphatic carbocycles. The molecule has 2 aromatic rings. The van der Waals surface area contributed by atoms with Crippen LogP contribution in [0.2, 0.25) is 10.0 Å². The van der Waals surface area contributed by atoms with Gasteiger partial charge in [-0.3, -0.25) is 4.79 Å². The van der Waals surface area contributed by atoms with Crippen molar-refractivity contribution in [2.24, 2.45) is 0 Å². The van der Waals surface area contributed by atoms with Crippen LogP contribution in [-0.2, 0) is 10.3 Å². The SMILES string of the molecule is COc1cc(C(=O)N2CCO[C@](CCO)(c3ccc(Cl)c(Cl)c3)C2)cc(OC)c1OC. The van der Waals surface area contributed by atoms with Crippen molar-refractivity contribution >= 4 is 29.1 Å². The molecule has 2 aromatic carbocycles. The van der Waals surface area contributed by atoms with Crippen molar-refractivity contribution in [1.82, 2.24) is 4.90 Å². The van der Waals surface area contributed by atoms with Crippen molar-refractivity contribution in [2.45, 2.75) is 12.0 Å². The number of methoxy groups -OCH3 is 3. The monoisotopic (exact) mass is 469 g/mol. The number of hydrogen-bond acceptors (Lipinski definition) is 6. The predicted octanol–water partition coefficient (Wildman–Crippen LogP) is 3.77. The molecule has 168 valence electrons. The van der Waals surface area contributed by atoms with E-state index in [2.05, 4.69) is 0 Å². The van der Waals surface area contributed by atoms with E-state index >= 15 is 0 Å². The highest BCUT2D eigenvalue weighted by Gasteiger charge is 2.40. The largest absolute Gasteiger partial charge is 0.493 e. The number of aliphatic hydroxyl groups is 1. The molecule has 7 nitrogen and oxygen atoms in total. The van der Waals surface area contributed by atoms with Crippen molar-refractivity contribution in [3.63, 3.8) is 0 Å². The van der Waals surface area contributed by atoms with Crippen LogP contribution in [0.1, 0.15) is 22.3 Å². The van der Waals surface area contributed by atoms with Gasteiger partial charge in [0.15, 0.2) is 11.5 Å². The number of carbonyl (C=O) groups is 1. The van der Waals surface area contributed by atoms with Crippen molar-refractivity contribution in [1.29, 1.82) is 0 Å². The number of nitrogens with zero attached hydrogens (tertiary/aromatic N) is 1. The lowest BCUT2D eigenvalue weighted by Crippen LogP contribution is -2.52. The molecule has 0 bridgehead atoms. The Hall–Kier alpha value is -2.19. The molecule has 1 atom stereocenters. The van der Waals surface area contributed by atoms with Crippen LogP contribution in [0.4, 0.5) is 0 Å². The van der Waals surface area contributed by atoms with E-state index in [1.54, 1.807) is 35.2 Å². The highest BCUT2D eigenvalue weighted by Crippen LogP contribution is 2.40. The van der Waals surface area contributed by atoms with Gasteiger partial charge in [0.1, 0.15) is 5.60 Å². The third kappa shape index (κ3) is 4.70. The predicted molar refractivity (Wildman–Crippen MR) is 118 cm³/mol. The number of carbonyl (C=O) groups excluding carboxylic acids is 1. The molecular formula is C22H25Cl2NO6. The van der Waals surface area contributed by atoms with Gasteiger partial charge in [-0.15, -0.1) is 0 Å². The van der Waals surface area contributed by atoms with E-state index < -0.39 is 5.60 Å². The molecular weight excluding hydrogens is 445 g/mol. The number of morpholine rings is 1. The summed E-state index contributed by atoms with van der Waals surface area (Å²) in [7, 11) is 4.50. The molecule has 0 spiro atoms. The summed E-state index contributed by atoms with van der Waals surface area (Å²) >= 11 is 12.3. The number of amides is 1. The van der Waals surface area contributed by atoms with Crippen molar-refractivity contribution in [3.05, 3.63) is 51.5 Å². The lowest BCUT2D eigenvalue weighted by atomic mass is 9.88. The maximum Gasteiger partial charge on any atom is 0.254 e. The molecule has 9 heteroatoms. The lowest BCUT2D eigenvalue weighted by molar-refractivity contribution is -0.115. The van der Waals surface area contributed by atoms with Crippen LogP contribution in [0.3, 0.4) is 0 Å². The van der Waals surface area contributed by atoms with Gasteiger partial charge in [0.25, 0.3) is 5.91 Å². The Labute approximate surface area is 191 Å². The van der Waals surface area contributed by atoms with E-state index in [0.717, 1.165) is 5.56 Å². The average molecular weight is 470 g/mol. The first-order valence-corrected chi connectivity index (χ1v) is 10.4. The second kappa shape index (κ2) is 9.96. The number of hydrogen-bond donors (Lipinski definition) is 1. The van der Waals surface area contributed by atoms with Crippen LogP contribution in [0.15, 0.2) is 30.3 Å². The van der Waals surface area contributed by atoms with E-state index in [1.807, 2.05) is 0 Å². The zero-order valence-corrected chi connectivity index (χ0v) is 19.1. The third-order valence-electron chi connectivity index (χ3n) is 5.35. The van der Waals surface area contributed by atoms with Gasteiger partial charge in [-0.1, -0.05) is 29.3 Å². The summed E-state index contributed by atoms with van der Waals surface area (Å²) in [6.07, 6.45) is 0.296. The molecule has 1 amide bonds. The Kier molecular flexibility index (Phi) is 7.54. The summed E-state index contributed by atoms with van der Waals surface area (Å²) < 4.78 is 22.2. The van der Waals surface area contributed by atoms with Gasteiger partial charge in [-0.2, -0.15) is 0 Å². The Morgan fingerprint density at radius 1 is 1.10 bits per heavy atom. The molecule has 1 heterocycles. The fourth-order valence-corrected chi connectivity index (χ4v) is 4.07. The summed E-state index contributed by atoms with van der Waals surface area (Å²) in [4.78, 5) is 15.1. The minimum atomic E-state index is -0.905. The highest BCUT2D eigenvalue weighted by molar-refractivity contribution is 6.42. The first-order valence-electron chi connectivity index (χ1n) is 9.68. The molecule has 0 unspecified atom stereocenters. The van der Waals surface area contributed by atoms with Gasteiger partial charge < -0.3 is 29.0 Å². The van der Waals surface area contributed by atoms with Crippen molar-refractivity contribution in [3.8, 4) is 17.2 Å². The van der Waals surface area contributed by atoms with Crippen LogP contribution >= 0.6 is 23.2 Å². The summed E-state index contributed by atoms with van der Waals surface area (Å²) in [6.45, 7) is 0.813. The van der Waals surface area contributed by atoms with E-state index in [4.69, 9.17) is 42.1 Å². The first-order chi connectivity index (χ1) is 14.9. The molecule has 1 aliphatic rings. The molecule has 0 aromatic heterocycles. The topological polar surface area (TPSA) is 77.5 Å². The lowest BCUT2D eigenvalue weighted by Gasteiger charge is -2.43. The van der Waals surface area contributed by atoms with E-state index in [-0.39, 0.29) is 19.1 Å². The molecule has 0 saturated carbocycles. The minimum absolute atomic E-state index is 0.119. The van der Waals surface area contributed by atoms with Crippen LogP contribution in [0, 0.1) is 0 Å². The second-order valence-electron chi connectivity index (χ2n) is 7.09. The average Bonchev–Trinajstić information content (AvgIpc) is 2.79. The van der Waals surface area contributed by atoms with Crippen molar-refractivity contribution in [2.75, 3.05) is 47.6 Å². The summed E-state index contributed by atoms with van der Waals surface area (Å²) in [6, 6.07) is 8.43. The van der Waals surface area contributed by atoms with E-state index in [1.165, 1.54) is 21.3 Å².